The number of methoxy groups -OCH3 is 1. The fraction of sp³-hybridized carbons (Fsp3) is 0.348. The van der Waals surface area contributed by atoms with Crippen LogP contribution in [0.3, 0.4) is 0 Å². The smallest absolute Gasteiger partial charge is 0.234 e. The number of hydrogen-bond acceptors (Lipinski definition) is 6. The zero-order chi connectivity index (χ0) is 22.4. The predicted molar refractivity (Wildman–Crippen MR) is 123 cm³/mol. The summed E-state index contributed by atoms with van der Waals surface area (Å²) in [7, 11) is 1.61. The molecular weight excluding hydrogens is 412 g/mol. The fourth-order valence-electron chi connectivity index (χ4n) is 3.11. The van der Waals surface area contributed by atoms with E-state index in [1.54, 1.807) is 7.11 Å². The van der Waals surface area contributed by atoms with Gasteiger partial charge < -0.3 is 19.4 Å². The van der Waals surface area contributed by atoms with Crippen molar-refractivity contribution in [3.05, 3.63) is 59.4 Å². The molecule has 0 aliphatic carbocycles. The number of carbonyl (C=O) groups excluding carboxylic acids is 1. The molecule has 1 N–H and O–H groups in total. The summed E-state index contributed by atoms with van der Waals surface area (Å²) < 4.78 is 13.4. The van der Waals surface area contributed by atoms with E-state index in [2.05, 4.69) is 15.5 Å². The summed E-state index contributed by atoms with van der Waals surface area (Å²) >= 11 is 1.36. The van der Waals surface area contributed by atoms with E-state index < -0.39 is 0 Å². The van der Waals surface area contributed by atoms with Gasteiger partial charge in [0.2, 0.25) is 5.91 Å². The van der Waals surface area contributed by atoms with Crippen LogP contribution in [0.4, 0.5) is 5.69 Å². The third kappa shape index (κ3) is 5.58. The Bertz CT molecular complexity index is 1050. The number of nitrogens with zero attached hydrogens (tertiary/aromatic N) is 3. The van der Waals surface area contributed by atoms with Gasteiger partial charge in [0, 0.05) is 12.2 Å². The zero-order valence-corrected chi connectivity index (χ0v) is 19.3. The molecule has 2 aromatic carbocycles. The number of amides is 1. The van der Waals surface area contributed by atoms with Crippen molar-refractivity contribution in [3.63, 3.8) is 0 Å². The molecule has 3 rings (SSSR count). The maximum absolute atomic E-state index is 12.4. The SMILES string of the molecule is CCn1c(SCC(=O)Nc2ccc(C)c(C)c2)nnc1C(C)Oc1ccccc1OC. The summed E-state index contributed by atoms with van der Waals surface area (Å²) in [5.74, 6) is 2.16. The second-order valence-corrected chi connectivity index (χ2v) is 8.07. The average Bonchev–Trinajstić information content (AvgIpc) is 3.18. The molecule has 0 aliphatic rings. The Hall–Kier alpha value is -3.00. The Labute approximate surface area is 187 Å². The summed E-state index contributed by atoms with van der Waals surface area (Å²) in [6.45, 7) is 8.68. The second-order valence-electron chi connectivity index (χ2n) is 7.13. The first-order valence-corrected chi connectivity index (χ1v) is 11.1. The fourth-order valence-corrected chi connectivity index (χ4v) is 3.92. The quantitative estimate of drug-likeness (QED) is 0.482. The highest BCUT2D eigenvalue weighted by atomic mass is 32.2. The van der Waals surface area contributed by atoms with Crippen LogP contribution >= 0.6 is 11.8 Å². The Morgan fingerprint density at radius 2 is 1.87 bits per heavy atom. The summed E-state index contributed by atoms with van der Waals surface area (Å²) in [4.78, 5) is 12.4. The molecule has 0 saturated heterocycles. The van der Waals surface area contributed by atoms with E-state index in [1.165, 1.54) is 17.3 Å². The van der Waals surface area contributed by atoms with Gasteiger partial charge in [-0.05, 0) is 63.1 Å². The van der Waals surface area contributed by atoms with Gasteiger partial charge in [-0.25, -0.2) is 0 Å². The van der Waals surface area contributed by atoms with Gasteiger partial charge in [0.1, 0.15) is 0 Å². The van der Waals surface area contributed by atoms with Crippen LogP contribution in [-0.4, -0.2) is 33.5 Å². The molecule has 1 aromatic heterocycles. The first-order chi connectivity index (χ1) is 14.9. The first kappa shape index (κ1) is 22.7. The van der Waals surface area contributed by atoms with Crippen LogP contribution < -0.4 is 14.8 Å². The van der Waals surface area contributed by atoms with Crippen molar-refractivity contribution >= 4 is 23.4 Å². The van der Waals surface area contributed by atoms with Crippen LogP contribution in [0.15, 0.2) is 47.6 Å². The molecule has 1 amide bonds. The van der Waals surface area contributed by atoms with Crippen LogP contribution in [0.2, 0.25) is 0 Å². The molecule has 7 nitrogen and oxygen atoms in total. The number of anilines is 1. The number of para-hydroxylation sites is 2. The lowest BCUT2D eigenvalue weighted by molar-refractivity contribution is -0.113. The van der Waals surface area contributed by atoms with Gasteiger partial charge in [-0.15, -0.1) is 10.2 Å². The summed E-state index contributed by atoms with van der Waals surface area (Å²) in [6, 6.07) is 13.4. The Kier molecular flexibility index (Phi) is 7.57. The van der Waals surface area contributed by atoms with Crippen LogP contribution in [0.25, 0.3) is 0 Å². The van der Waals surface area contributed by atoms with E-state index in [0.717, 1.165) is 11.3 Å². The molecule has 0 spiro atoms. The summed E-state index contributed by atoms with van der Waals surface area (Å²) in [5.41, 5.74) is 3.13. The van der Waals surface area contributed by atoms with E-state index in [9.17, 15) is 4.79 Å². The van der Waals surface area contributed by atoms with Gasteiger partial charge in [0.05, 0.1) is 12.9 Å². The topological polar surface area (TPSA) is 78.3 Å². The molecule has 31 heavy (non-hydrogen) atoms. The van der Waals surface area contributed by atoms with Gasteiger partial charge in [0.15, 0.2) is 28.6 Å². The van der Waals surface area contributed by atoms with Crippen LogP contribution in [0, 0.1) is 13.8 Å². The Morgan fingerprint density at radius 1 is 1.13 bits per heavy atom. The number of benzene rings is 2. The first-order valence-electron chi connectivity index (χ1n) is 10.2. The van der Waals surface area contributed by atoms with Crippen LogP contribution in [-0.2, 0) is 11.3 Å². The molecule has 0 saturated carbocycles. The number of ether oxygens (including phenoxy) is 2. The number of thioether (sulfide) groups is 1. The lowest BCUT2D eigenvalue weighted by atomic mass is 10.1. The monoisotopic (exact) mass is 440 g/mol. The van der Waals surface area contributed by atoms with Crippen molar-refractivity contribution in [2.45, 2.75) is 45.5 Å². The second kappa shape index (κ2) is 10.3. The lowest BCUT2D eigenvalue weighted by Crippen LogP contribution is -2.15. The number of aryl methyl sites for hydroxylation is 2. The van der Waals surface area contributed by atoms with Crippen molar-refractivity contribution in [2.75, 3.05) is 18.2 Å². The predicted octanol–water partition coefficient (Wildman–Crippen LogP) is 4.79. The van der Waals surface area contributed by atoms with E-state index in [4.69, 9.17) is 9.47 Å². The normalized spacial score (nSPS) is 11.8. The Balaban J connectivity index is 1.65. The minimum Gasteiger partial charge on any atom is -0.493 e. The van der Waals surface area contributed by atoms with E-state index in [1.807, 2.05) is 74.7 Å². The van der Waals surface area contributed by atoms with Crippen molar-refractivity contribution in [3.8, 4) is 11.5 Å². The maximum Gasteiger partial charge on any atom is 0.234 e. The van der Waals surface area contributed by atoms with Gasteiger partial charge in [-0.2, -0.15) is 0 Å². The number of carbonyl (C=O) groups is 1. The number of aromatic nitrogens is 3. The molecule has 0 aliphatic heterocycles. The standard InChI is InChI=1S/C23H28N4O3S/c1-6-27-22(17(4)30-20-10-8-7-9-19(20)29-5)25-26-23(27)31-14-21(28)24-18-12-11-15(2)16(3)13-18/h7-13,17H,6,14H2,1-5H3,(H,24,28). The molecule has 0 bridgehead atoms. The van der Waals surface area contributed by atoms with Gasteiger partial charge >= 0.3 is 0 Å². The third-order valence-electron chi connectivity index (χ3n) is 4.92. The van der Waals surface area contributed by atoms with Gasteiger partial charge in [0.25, 0.3) is 0 Å². The van der Waals surface area contributed by atoms with Crippen LogP contribution in [0.1, 0.15) is 36.9 Å². The third-order valence-corrected chi connectivity index (χ3v) is 5.89. The number of nitrogens with one attached hydrogen (secondary N) is 1. The van der Waals surface area contributed by atoms with E-state index in [0.29, 0.717) is 29.0 Å². The van der Waals surface area contributed by atoms with Crippen molar-refractivity contribution < 1.29 is 14.3 Å². The lowest BCUT2D eigenvalue weighted by Gasteiger charge is -2.17. The highest BCUT2D eigenvalue weighted by Gasteiger charge is 2.20. The molecule has 164 valence electrons. The highest BCUT2D eigenvalue weighted by molar-refractivity contribution is 7.99. The molecule has 8 heteroatoms. The van der Waals surface area contributed by atoms with E-state index >= 15 is 0 Å². The minimum absolute atomic E-state index is 0.0845. The number of hydrogen-bond donors (Lipinski definition) is 1. The van der Waals surface area contributed by atoms with Crippen molar-refractivity contribution in [1.29, 1.82) is 0 Å². The molecule has 1 atom stereocenters. The summed E-state index contributed by atoms with van der Waals surface area (Å²) in [6.07, 6.45) is -0.331. The Morgan fingerprint density at radius 3 is 2.55 bits per heavy atom. The minimum atomic E-state index is -0.331. The zero-order valence-electron chi connectivity index (χ0n) is 18.5. The largest absolute Gasteiger partial charge is 0.493 e. The van der Waals surface area contributed by atoms with Gasteiger partial charge in [-0.1, -0.05) is 30.0 Å². The van der Waals surface area contributed by atoms with E-state index in [-0.39, 0.29) is 17.8 Å². The summed E-state index contributed by atoms with van der Waals surface area (Å²) in [5, 5.41) is 12.2. The van der Waals surface area contributed by atoms with Crippen molar-refractivity contribution in [1.82, 2.24) is 14.8 Å². The van der Waals surface area contributed by atoms with Crippen molar-refractivity contribution in [2.24, 2.45) is 0 Å². The maximum atomic E-state index is 12.4. The highest BCUT2D eigenvalue weighted by Crippen LogP contribution is 2.31. The van der Waals surface area contributed by atoms with Gasteiger partial charge in [-0.3, -0.25) is 4.79 Å². The van der Waals surface area contributed by atoms with Crippen LogP contribution in [0.5, 0.6) is 11.5 Å². The number of rotatable bonds is 9. The molecule has 0 fully saturated rings. The molecular formula is C23H28N4O3S. The molecule has 3 aromatic rings. The molecule has 0 radical (unpaired) electrons. The molecule has 1 unspecified atom stereocenters. The average molecular weight is 441 g/mol. The molecule has 1 heterocycles.